The Kier molecular flexibility index (Phi) is 3.14. The van der Waals surface area contributed by atoms with Gasteiger partial charge in [-0.15, -0.1) is 0 Å². The topological polar surface area (TPSA) is 35.5 Å². The molecule has 0 aliphatic heterocycles. The van der Waals surface area contributed by atoms with Gasteiger partial charge in [0, 0.05) is 6.42 Å². The van der Waals surface area contributed by atoms with Gasteiger partial charge in [0.05, 0.1) is 25.4 Å². The molecule has 1 atom stereocenters. The minimum absolute atomic E-state index is 0.0140. The summed E-state index contributed by atoms with van der Waals surface area (Å²) in [5.74, 6) is 0.772. The van der Waals surface area contributed by atoms with Gasteiger partial charge in [-0.1, -0.05) is 0 Å². The Morgan fingerprint density at radius 2 is 2.50 bits per heavy atom. The van der Waals surface area contributed by atoms with Crippen molar-refractivity contribution < 1.29 is 14.3 Å². The Hall–Kier alpha value is -0.990. The fourth-order valence-corrected chi connectivity index (χ4v) is 1.29. The molecule has 68 valence electrons. The smallest absolute Gasteiger partial charge is 0.309 e. The highest BCUT2D eigenvalue weighted by atomic mass is 16.5. The summed E-state index contributed by atoms with van der Waals surface area (Å²) in [4.78, 5) is 11.2. The van der Waals surface area contributed by atoms with Gasteiger partial charge in [0.2, 0.25) is 0 Å². The highest BCUT2D eigenvalue weighted by molar-refractivity contribution is 5.73. The molecule has 0 saturated heterocycles. The summed E-state index contributed by atoms with van der Waals surface area (Å²) in [6, 6.07) is 0. The van der Waals surface area contributed by atoms with E-state index in [9.17, 15) is 4.79 Å². The summed E-state index contributed by atoms with van der Waals surface area (Å²) in [5.41, 5.74) is 0. The number of allylic oxidation sites excluding steroid dienone is 2. The zero-order chi connectivity index (χ0) is 8.97. The third-order valence-electron chi connectivity index (χ3n) is 1.96. The number of esters is 1. The van der Waals surface area contributed by atoms with Crippen LogP contribution >= 0.6 is 0 Å². The van der Waals surface area contributed by atoms with Gasteiger partial charge in [0.15, 0.2) is 0 Å². The molecule has 3 heteroatoms. The van der Waals surface area contributed by atoms with Crippen LogP contribution in [0.1, 0.15) is 19.8 Å². The lowest BCUT2D eigenvalue weighted by Crippen LogP contribution is -2.15. The zero-order valence-electron chi connectivity index (χ0n) is 7.50. The molecule has 1 aliphatic carbocycles. The van der Waals surface area contributed by atoms with Crippen LogP contribution in [0.25, 0.3) is 0 Å². The van der Waals surface area contributed by atoms with E-state index >= 15 is 0 Å². The van der Waals surface area contributed by atoms with Crippen molar-refractivity contribution >= 4 is 5.97 Å². The number of hydrogen-bond donors (Lipinski definition) is 0. The van der Waals surface area contributed by atoms with E-state index in [0.29, 0.717) is 13.0 Å². The molecular weight excluding hydrogens is 156 g/mol. The van der Waals surface area contributed by atoms with E-state index in [0.717, 1.165) is 12.2 Å². The van der Waals surface area contributed by atoms with Crippen LogP contribution in [0.5, 0.6) is 0 Å². The summed E-state index contributed by atoms with van der Waals surface area (Å²) in [5, 5.41) is 0. The number of carbonyl (C=O) groups excluding carboxylic acids is 1. The van der Waals surface area contributed by atoms with Crippen molar-refractivity contribution in [2.75, 3.05) is 13.7 Å². The molecule has 0 aromatic rings. The summed E-state index contributed by atoms with van der Waals surface area (Å²) in [6.45, 7) is 2.27. The van der Waals surface area contributed by atoms with Gasteiger partial charge in [-0.3, -0.25) is 4.79 Å². The molecule has 1 rings (SSSR count). The lowest BCUT2D eigenvalue weighted by Gasteiger charge is -2.08. The van der Waals surface area contributed by atoms with Crippen LogP contribution in [0, 0.1) is 5.92 Å². The van der Waals surface area contributed by atoms with E-state index in [-0.39, 0.29) is 11.9 Å². The normalized spacial score (nSPS) is 21.8. The second kappa shape index (κ2) is 4.14. The molecule has 0 aromatic carbocycles. The first-order valence-electron chi connectivity index (χ1n) is 4.17. The molecule has 0 amide bonds. The van der Waals surface area contributed by atoms with E-state index < -0.39 is 0 Å². The van der Waals surface area contributed by atoms with Crippen LogP contribution < -0.4 is 0 Å². The lowest BCUT2D eigenvalue weighted by molar-refractivity contribution is -0.147. The van der Waals surface area contributed by atoms with Gasteiger partial charge in [-0.25, -0.2) is 0 Å². The summed E-state index contributed by atoms with van der Waals surface area (Å²) >= 11 is 0. The van der Waals surface area contributed by atoms with E-state index in [1.54, 1.807) is 7.11 Å². The van der Waals surface area contributed by atoms with Crippen LogP contribution in [-0.2, 0) is 14.3 Å². The Morgan fingerprint density at radius 3 is 3.00 bits per heavy atom. The van der Waals surface area contributed by atoms with Crippen LogP contribution in [0.3, 0.4) is 0 Å². The van der Waals surface area contributed by atoms with Gasteiger partial charge in [-0.2, -0.15) is 0 Å². The molecule has 3 nitrogen and oxygen atoms in total. The van der Waals surface area contributed by atoms with Crippen LogP contribution in [0.2, 0.25) is 0 Å². The van der Waals surface area contributed by atoms with Crippen LogP contribution in [-0.4, -0.2) is 19.7 Å². The monoisotopic (exact) mass is 170 g/mol. The Morgan fingerprint density at radius 1 is 1.75 bits per heavy atom. The minimum Gasteiger partial charge on any atom is -0.501 e. The number of hydrogen-bond acceptors (Lipinski definition) is 3. The highest BCUT2D eigenvalue weighted by Gasteiger charge is 2.25. The zero-order valence-corrected chi connectivity index (χ0v) is 7.50. The molecule has 0 radical (unpaired) electrons. The first-order chi connectivity index (χ1) is 5.77. The summed E-state index contributed by atoms with van der Waals surface area (Å²) < 4.78 is 9.91. The molecule has 0 fully saturated rings. The number of carbonyl (C=O) groups is 1. The summed E-state index contributed by atoms with van der Waals surface area (Å²) in [7, 11) is 1.62. The Labute approximate surface area is 72.4 Å². The number of ether oxygens (including phenoxy) is 2. The Balaban J connectivity index is 2.35. The minimum atomic E-state index is -0.110. The van der Waals surface area contributed by atoms with Crippen LogP contribution in [0.4, 0.5) is 0 Å². The molecule has 0 heterocycles. The molecule has 0 aromatic heterocycles. The maximum Gasteiger partial charge on any atom is 0.309 e. The fourth-order valence-electron chi connectivity index (χ4n) is 1.29. The van der Waals surface area contributed by atoms with E-state index in [1.807, 2.05) is 13.0 Å². The number of methoxy groups -OCH3 is 1. The molecule has 0 spiro atoms. The average Bonchev–Trinajstić information content (AvgIpc) is 2.52. The third kappa shape index (κ3) is 2.00. The van der Waals surface area contributed by atoms with E-state index in [1.165, 1.54) is 0 Å². The highest BCUT2D eigenvalue weighted by Crippen LogP contribution is 2.25. The third-order valence-corrected chi connectivity index (χ3v) is 1.96. The molecule has 0 bridgehead atoms. The SMILES string of the molecule is CCOC(=O)C1CC=C(OC)C1. The van der Waals surface area contributed by atoms with Crippen molar-refractivity contribution in [3.05, 3.63) is 11.8 Å². The quantitative estimate of drug-likeness (QED) is 0.602. The molecule has 1 unspecified atom stereocenters. The molecule has 0 N–H and O–H groups in total. The molecular formula is C9H14O3. The van der Waals surface area contributed by atoms with Gasteiger partial charge in [0.1, 0.15) is 0 Å². The Bertz CT molecular complexity index is 196. The fraction of sp³-hybridized carbons (Fsp3) is 0.667. The standard InChI is InChI=1S/C9H14O3/c1-3-12-9(10)7-4-5-8(6-7)11-2/h5,7H,3-4,6H2,1-2H3. The average molecular weight is 170 g/mol. The van der Waals surface area contributed by atoms with Crippen molar-refractivity contribution in [1.29, 1.82) is 0 Å². The number of rotatable bonds is 3. The van der Waals surface area contributed by atoms with Gasteiger partial charge >= 0.3 is 5.97 Å². The van der Waals surface area contributed by atoms with E-state index in [4.69, 9.17) is 9.47 Å². The second-order valence-electron chi connectivity index (χ2n) is 2.76. The van der Waals surface area contributed by atoms with Gasteiger partial charge in [-0.05, 0) is 19.4 Å². The lowest BCUT2D eigenvalue weighted by atomic mass is 10.1. The largest absolute Gasteiger partial charge is 0.501 e. The van der Waals surface area contributed by atoms with Gasteiger partial charge < -0.3 is 9.47 Å². The predicted octanol–water partition coefficient (Wildman–Crippen LogP) is 1.49. The van der Waals surface area contributed by atoms with Crippen molar-refractivity contribution in [2.24, 2.45) is 5.92 Å². The maximum absolute atomic E-state index is 11.2. The molecule has 0 saturated carbocycles. The predicted molar refractivity (Wildman–Crippen MR) is 44.4 cm³/mol. The van der Waals surface area contributed by atoms with Crippen molar-refractivity contribution in [3.8, 4) is 0 Å². The first kappa shape index (κ1) is 9.10. The molecule has 1 aliphatic rings. The maximum atomic E-state index is 11.2. The van der Waals surface area contributed by atoms with Crippen LogP contribution in [0.15, 0.2) is 11.8 Å². The first-order valence-corrected chi connectivity index (χ1v) is 4.17. The van der Waals surface area contributed by atoms with Gasteiger partial charge in [0.25, 0.3) is 0 Å². The second-order valence-corrected chi connectivity index (χ2v) is 2.76. The summed E-state index contributed by atoms with van der Waals surface area (Å²) in [6.07, 6.45) is 3.39. The van der Waals surface area contributed by atoms with Crippen molar-refractivity contribution in [3.63, 3.8) is 0 Å². The van der Waals surface area contributed by atoms with E-state index in [2.05, 4.69) is 0 Å². The molecule has 12 heavy (non-hydrogen) atoms. The van der Waals surface area contributed by atoms with Crippen molar-refractivity contribution in [1.82, 2.24) is 0 Å². The van der Waals surface area contributed by atoms with Crippen molar-refractivity contribution in [2.45, 2.75) is 19.8 Å².